The Balaban J connectivity index is 1.99. The minimum atomic E-state index is -1.02. The van der Waals surface area contributed by atoms with Gasteiger partial charge in [-0.05, 0) is 37.5 Å². The van der Waals surface area contributed by atoms with E-state index < -0.39 is 11.5 Å². The predicted molar refractivity (Wildman–Crippen MR) is 72.7 cm³/mol. The summed E-state index contributed by atoms with van der Waals surface area (Å²) in [6.45, 7) is 1.95. The van der Waals surface area contributed by atoms with Crippen molar-refractivity contribution in [1.82, 2.24) is 5.32 Å². The summed E-state index contributed by atoms with van der Waals surface area (Å²) in [4.78, 5) is 23.8. The molecule has 0 spiro atoms. The lowest BCUT2D eigenvalue weighted by Gasteiger charge is -2.39. The molecule has 2 aliphatic rings. The van der Waals surface area contributed by atoms with Crippen molar-refractivity contribution in [3.8, 4) is 0 Å². The van der Waals surface area contributed by atoms with E-state index in [2.05, 4.69) is 5.32 Å². The molecule has 2 saturated carbocycles. The maximum Gasteiger partial charge on any atom is 0.329 e. The second kappa shape index (κ2) is 5.93. The highest BCUT2D eigenvalue weighted by Gasteiger charge is 2.46. The van der Waals surface area contributed by atoms with E-state index in [9.17, 15) is 14.7 Å². The smallest absolute Gasteiger partial charge is 0.329 e. The van der Waals surface area contributed by atoms with Gasteiger partial charge in [0.15, 0.2) is 0 Å². The van der Waals surface area contributed by atoms with Gasteiger partial charge in [0, 0.05) is 6.42 Å². The van der Waals surface area contributed by atoms with Crippen LogP contribution in [0.1, 0.15) is 64.7 Å². The molecule has 19 heavy (non-hydrogen) atoms. The molecule has 1 amide bonds. The molecule has 2 aliphatic carbocycles. The van der Waals surface area contributed by atoms with Crippen molar-refractivity contribution in [2.24, 2.45) is 11.8 Å². The van der Waals surface area contributed by atoms with E-state index in [1.807, 2.05) is 6.92 Å². The molecule has 2 unspecified atom stereocenters. The third-order valence-corrected chi connectivity index (χ3v) is 4.99. The molecule has 0 aromatic heterocycles. The molecule has 4 nitrogen and oxygen atoms in total. The minimum absolute atomic E-state index is 0.0197. The van der Waals surface area contributed by atoms with Crippen molar-refractivity contribution in [3.05, 3.63) is 0 Å². The van der Waals surface area contributed by atoms with Gasteiger partial charge in [-0.15, -0.1) is 0 Å². The number of amides is 1. The first-order chi connectivity index (χ1) is 9.04. The largest absolute Gasteiger partial charge is 0.479 e. The lowest BCUT2D eigenvalue weighted by Crippen LogP contribution is -2.60. The van der Waals surface area contributed by atoms with E-state index in [1.54, 1.807) is 0 Å². The van der Waals surface area contributed by atoms with Crippen molar-refractivity contribution in [3.63, 3.8) is 0 Å². The molecule has 0 bridgehead atoms. The molecule has 2 fully saturated rings. The highest BCUT2D eigenvalue weighted by Crippen LogP contribution is 2.35. The highest BCUT2D eigenvalue weighted by molar-refractivity contribution is 5.87. The summed E-state index contributed by atoms with van der Waals surface area (Å²) >= 11 is 0. The van der Waals surface area contributed by atoms with Crippen LogP contribution in [0.3, 0.4) is 0 Å². The third kappa shape index (κ3) is 3.10. The van der Waals surface area contributed by atoms with Crippen LogP contribution in [-0.4, -0.2) is 22.5 Å². The zero-order chi connectivity index (χ0) is 13.9. The van der Waals surface area contributed by atoms with E-state index in [4.69, 9.17) is 0 Å². The summed E-state index contributed by atoms with van der Waals surface area (Å²) in [6.07, 6.45) is 8.55. The number of hydrogen-bond donors (Lipinski definition) is 2. The van der Waals surface area contributed by atoms with Crippen molar-refractivity contribution < 1.29 is 14.7 Å². The second-order valence-corrected chi connectivity index (χ2v) is 6.33. The lowest BCUT2D eigenvalue weighted by molar-refractivity contribution is -0.152. The van der Waals surface area contributed by atoms with Crippen molar-refractivity contribution >= 4 is 11.9 Å². The first-order valence-electron chi connectivity index (χ1n) is 7.59. The molecule has 108 valence electrons. The Morgan fingerprint density at radius 1 is 1.16 bits per heavy atom. The molecule has 2 rings (SSSR count). The Morgan fingerprint density at radius 2 is 1.79 bits per heavy atom. The quantitative estimate of drug-likeness (QED) is 0.823. The average Bonchev–Trinajstić information content (AvgIpc) is 2.84. The van der Waals surface area contributed by atoms with Gasteiger partial charge in [-0.1, -0.05) is 32.6 Å². The maximum atomic E-state index is 12.1. The molecule has 0 aromatic rings. The van der Waals surface area contributed by atoms with Gasteiger partial charge in [-0.3, -0.25) is 4.79 Å². The normalized spacial score (nSPS) is 32.2. The van der Waals surface area contributed by atoms with E-state index in [1.165, 1.54) is 12.8 Å². The Morgan fingerprint density at radius 3 is 2.37 bits per heavy atom. The number of aliphatic carboxylic acids is 1. The molecular formula is C15H25NO3. The molecule has 0 heterocycles. The summed E-state index contributed by atoms with van der Waals surface area (Å²) in [5, 5.41) is 12.4. The van der Waals surface area contributed by atoms with Gasteiger partial charge in [0.05, 0.1) is 0 Å². The summed E-state index contributed by atoms with van der Waals surface area (Å²) in [7, 11) is 0. The summed E-state index contributed by atoms with van der Waals surface area (Å²) < 4.78 is 0. The van der Waals surface area contributed by atoms with Crippen LogP contribution in [0.25, 0.3) is 0 Å². The van der Waals surface area contributed by atoms with Crippen molar-refractivity contribution in [1.29, 1.82) is 0 Å². The van der Waals surface area contributed by atoms with Gasteiger partial charge < -0.3 is 10.4 Å². The summed E-state index contributed by atoms with van der Waals surface area (Å²) in [6, 6.07) is 0. The number of carboxylic acids is 1. The van der Waals surface area contributed by atoms with Crippen LogP contribution in [0.15, 0.2) is 0 Å². The summed E-state index contributed by atoms with van der Waals surface area (Å²) in [5.41, 5.74) is -1.02. The highest BCUT2D eigenvalue weighted by atomic mass is 16.4. The van der Waals surface area contributed by atoms with Gasteiger partial charge >= 0.3 is 5.97 Å². The fourth-order valence-electron chi connectivity index (χ4n) is 3.68. The first kappa shape index (κ1) is 14.4. The van der Waals surface area contributed by atoms with Gasteiger partial charge in [0.1, 0.15) is 5.54 Å². The van der Waals surface area contributed by atoms with Crippen LogP contribution < -0.4 is 5.32 Å². The Labute approximate surface area is 115 Å². The topological polar surface area (TPSA) is 66.4 Å². The zero-order valence-corrected chi connectivity index (χ0v) is 11.8. The monoisotopic (exact) mass is 267 g/mol. The number of carbonyl (C=O) groups is 2. The number of nitrogens with one attached hydrogen (secondary N) is 1. The summed E-state index contributed by atoms with van der Waals surface area (Å²) in [5.74, 6) is -0.446. The van der Waals surface area contributed by atoms with E-state index >= 15 is 0 Å². The maximum absolute atomic E-state index is 12.1. The van der Waals surface area contributed by atoms with Crippen LogP contribution in [0.2, 0.25) is 0 Å². The SMILES string of the molecule is CC1CCCCC1(NC(=O)CC1CCCC1)C(=O)O. The molecule has 0 aromatic carbocycles. The molecule has 2 atom stereocenters. The van der Waals surface area contributed by atoms with Gasteiger partial charge in [0.2, 0.25) is 5.91 Å². The van der Waals surface area contributed by atoms with Gasteiger partial charge in [-0.2, -0.15) is 0 Å². The van der Waals surface area contributed by atoms with Crippen molar-refractivity contribution in [2.45, 2.75) is 70.3 Å². The number of hydrogen-bond acceptors (Lipinski definition) is 2. The number of carbonyl (C=O) groups excluding carboxylic acids is 1. The van der Waals surface area contributed by atoms with Crippen LogP contribution in [0.4, 0.5) is 0 Å². The first-order valence-corrected chi connectivity index (χ1v) is 7.59. The number of carboxylic acid groups (broad SMARTS) is 1. The van der Waals surface area contributed by atoms with Crippen LogP contribution in [0.5, 0.6) is 0 Å². The lowest BCUT2D eigenvalue weighted by atomic mass is 9.73. The molecule has 4 heteroatoms. The Hall–Kier alpha value is -1.06. The van der Waals surface area contributed by atoms with Crippen LogP contribution in [0, 0.1) is 11.8 Å². The average molecular weight is 267 g/mol. The van der Waals surface area contributed by atoms with E-state index in [-0.39, 0.29) is 11.8 Å². The second-order valence-electron chi connectivity index (χ2n) is 6.33. The molecule has 0 saturated heterocycles. The fraction of sp³-hybridized carbons (Fsp3) is 0.867. The van der Waals surface area contributed by atoms with Crippen LogP contribution >= 0.6 is 0 Å². The van der Waals surface area contributed by atoms with Crippen molar-refractivity contribution in [2.75, 3.05) is 0 Å². The predicted octanol–water partition coefficient (Wildman–Crippen LogP) is 2.72. The van der Waals surface area contributed by atoms with Crippen LogP contribution in [-0.2, 0) is 9.59 Å². The van der Waals surface area contributed by atoms with E-state index in [0.717, 1.165) is 32.1 Å². The van der Waals surface area contributed by atoms with E-state index in [0.29, 0.717) is 18.8 Å². The standard InChI is InChI=1S/C15H25NO3/c1-11-6-4-5-9-15(11,14(18)19)16-13(17)10-12-7-2-3-8-12/h11-12H,2-10H2,1H3,(H,16,17)(H,18,19). The Kier molecular flexibility index (Phi) is 4.48. The van der Waals surface area contributed by atoms with Gasteiger partial charge in [-0.25, -0.2) is 4.79 Å². The Bertz CT molecular complexity index is 349. The molecule has 0 radical (unpaired) electrons. The molecule has 0 aliphatic heterocycles. The number of rotatable bonds is 4. The molecule has 2 N–H and O–H groups in total. The minimum Gasteiger partial charge on any atom is -0.479 e. The zero-order valence-electron chi connectivity index (χ0n) is 11.8. The molecular weight excluding hydrogens is 242 g/mol. The van der Waals surface area contributed by atoms with Gasteiger partial charge in [0.25, 0.3) is 0 Å². The fourth-order valence-corrected chi connectivity index (χ4v) is 3.68. The third-order valence-electron chi connectivity index (χ3n) is 4.99.